The van der Waals surface area contributed by atoms with Crippen molar-refractivity contribution in [3.05, 3.63) is 50.7 Å². The number of fused-ring (bicyclic) bond motifs is 2. The molecule has 0 aliphatic carbocycles. The van der Waals surface area contributed by atoms with Gasteiger partial charge in [0.1, 0.15) is 33.8 Å². The summed E-state index contributed by atoms with van der Waals surface area (Å²) in [5, 5.41) is 28.9. The lowest BCUT2D eigenvalue weighted by atomic mass is 10.1. The second-order valence-electron chi connectivity index (χ2n) is 5.19. The number of ether oxygens (including phenoxy) is 1. The molecule has 0 atom stereocenters. The van der Waals surface area contributed by atoms with E-state index in [1.54, 1.807) is 0 Å². The molecule has 0 spiro atoms. The number of hydrogen-bond donors (Lipinski definition) is 2. The highest BCUT2D eigenvalue weighted by Crippen LogP contribution is 2.31. The van der Waals surface area contributed by atoms with Crippen LogP contribution < -0.4 is 10.2 Å². The molecular formula is C16H13NO8. The molecule has 0 unspecified atom stereocenters. The number of hydrogen-bond acceptors (Lipinski definition) is 8. The van der Waals surface area contributed by atoms with Gasteiger partial charge in [-0.15, -0.1) is 10.1 Å². The molecule has 2 aromatic carbocycles. The number of rotatable bonds is 6. The topological polar surface area (TPSA) is 132 Å². The van der Waals surface area contributed by atoms with E-state index >= 15 is 0 Å². The van der Waals surface area contributed by atoms with Crippen molar-refractivity contribution in [2.45, 2.75) is 6.42 Å². The summed E-state index contributed by atoms with van der Waals surface area (Å²) >= 11 is 0. The molecule has 0 amide bonds. The van der Waals surface area contributed by atoms with Crippen molar-refractivity contribution in [3.8, 4) is 17.2 Å². The average molecular weight is 347 g/mol. The average Bonchev–Trinajstić information content (AvgIpc) is 2.54. The summed E-state index contributed by atoms with van der Waals surface area (Å²) in [5.41, 5.74) is -0.0958. The zero-order chi connectivity index (χ0) is 18.0. The Kier molecular flexibility index (Phi) is 4.29. The molecule has 0 fully saturated rings. The van der Waals surface area contributed by atoms with Crippen LogP contribution in [0.15, 0.2) is 39.5 Å². The van der Waals surface area contributed by atoms with Crippen molar-refractivity contribution >= 4 is 21.9 Å². The van der Waals surface area contributed by atoms with Gasteiger partial charge in [0.05, 0.1) is 18.6 Å². The van der Waals surface area contributed by atoms with Crippen LogP contribution in [-0.2, 0) is 4.84 Å². The fourth-order valence-corrected chi connectivity index (χ4v) is 2.39. The molecule has 9 nitrogen and oxygen atoms in total. The molecule has 0 aliphatic heterocycles. The van der Waals surface area contributed by atoms with Gasteiger partial charge in [-0.05, 0) is 18.2 Å². The van der Waals surface area contributed by atoms with Gasteiger partial charge < -0.3 is 24.2 Å². The van der Waals surface area contributed by atoms with Gasteiger partial charge in [0, 0.05) is 18.6 Å². The van der Waals surface area contributed by atoms with Crippen molar-refractivity contribution in [2.24, 2.45) is 0 Å². The molecule has 25 heavy (non-hydrogen) atoms. The first-order valence-corrected chi connectivity index (χ1v) is 7.28. The fourth-order valence-electron chi connectivity index (χ4n) is 2.39. The Labute approximate surface area is 139 Å². The highest BCUT2D eigenvalue weighted by molar-refractivity contribution is 5.94. The Morgan fingerprint density at radius 3 is 2.68 bits per heavy atom. The molecule has 0 radical (unpaired) electrons. The number of aromatic hydroxyl groups is 2. The first-order chi connectivity index (χ1) is 12.0. The number of phenolic OH excluding ortho intramolecular Hbond substituents is 2. The zero-order valence-electron chi connectivity index (χ0n) is 12.8. The van der Waals surface area contributed by atoms with Gasteiger partial charge in [0.25, 0.3) is 5.09 Å². The Bertz CT molecular complexity index is 1010. The first kappa shape index (κ1) is 16.4. The van der Waals surface area contributed by atoms with Crippen LogP contribution >= 0.6 is 0 Å². The third-order valence-electron chi connectivity index (χ3n) is 3.46. The molecule has 130 valence electrons. The predicted molar refractivity (Wildman–Crippen MR) is 86.4 cm³/mol. The minimum absolute atomic E-state index is 0.0258. The van der Waals surface area contributed by atoms with Gasteiger partial charge in [-0.1, -0.05) is 0 Å². The molecule has 0 bridgehead atoms. The van der Waals surface area contributed by atoms with Crippen LogP contribution in [0.4, 0.5) is 0 Å². The second-order valence-corrected chi connectivity index (χ2v) is 5.19. The van der Waals surface area contributed by atoms with Crippen LogP contribution in [-0.4, -0.2) is 28.5 Å². The lowest BCUT2D eigenvalue weighted by molar-refractivity contribution is -0.757. The minimum atomic E-state index is -0.889. The van der Waals surface area contributed by atoms with Gasteiger partial charge in [-0.25, -0.2) is 0 Å². The molecule has 0 saturated carbocycles. The summed E-state index contributed by atoms with van der Waals surface area (Å²) in [5.74, 6) is -0.170. The first-order valence-electron chi connectivity index (χ1n) is 7.28. The normalized spacial score (nSPS) is 10.9. The second kappa shape index (κ2) is 6.56. The zero-order valence-corrected chi connectivity index (χ0v) is 12.8. The lowest BCUT2D eigenvalue weighted by Crippen LogP contribution is -2.07. The van der Waals surface area contributed by atoms with E-state index in [4.69, 9.17) is 9.15 Å². The van der Waals surface area contributed by atoms with Crippen LogP contribution in [0.3, 0.4) is 0 Å². The van der Waals surface area contributed by atoms with Crippen molar-refractivity contribution in [1.82, 2.24) is 0 Å². The molecule has 1 aromatic heterocycles. The Morgan fingerprint density at radius 2 is 1.92 bits per heavy atom. The van der Waals surface area contributed by atoms with Crippen LogP contribution in [0, 0.1) is 10.1 Å². The maximum Gasteiger partial charge on any atom is 0.294 e. The van der Waals surface area contributed by atoms with E-state index in [1.807, 2.05) is 0 Å². The summed E-state index contributed by atoms with van der Waals surface area (Å²) in [6.45, 7) is 0.000248. The lowest BCUT2D eigenvalue weighted by Gasteiger charge is -2.09. The number of nitrogens with zero attached hydrogens (tertiary/aromatic N) is 1. The summed E-state index contributed by atoms with van der Waals surface area (Å²) in [4.78, 5) is 26.7. The molecule has 9 heteroatoms. The van der Waals surface area contributed by atoms with Gasteiger partial charge in [0.15, 0.2) is 0 Å². The van der Waals surface area contributed by atoms with Crippen molar-refractivity contribution in [1.29, 1.82) is 0 Å². The van der Waals surface area contributed by atoms with Crippen molar-refractivity contribution in [2.75, 3.05) is 13.2 Å². The van der Waals surface area contributed by atoms with E-state index in [0.29, 0.717) is 0 Å². The maximum absolute atomic E-state index is 12.5. The quantitative estimate of drug-likeness (QED) is 0.300. The third-order valence-corrected chi connectivity index (χ3v) is 3.46. The van der Waals surface area contributed by atoms with Gasteiger partial charge in [-0.3, -0.25) is 4.79 Å². The standard InChI is InChI=1S/C16H13NO8/c18-9-2-3-13-11(6-9)16(20)15-12(19)7-10(8-14(15)25-13)23-4-1-5-24-17(21)22/h2-3,6-8,18-19H,1,4-5H2. The van der Waals surface area contributed by atoms with E-state index in [2.05, 4.69) is 4.84 Å². The third kappa shape index (κ3) is 3.39. The highest BCUT2D eigenvalue weighted by atomic mass is 16.9. The molecule has 3 aromatic rings. The number of benzene rings is 2. The Balaban J connectivity index is 1.91. The Hall–Kier alpha value is -3.49. The largest absolute Gasteiger partial charge is 0.508 e. The smallest absolute Gasteiger partial charge is 0.294 e. The predicted octanol–water partition coefficient (Wildman–Crippen LogP) is 2.33. The van der Waals surface area contributed by atoms with E-state index in [9.17, 15) is 25.1 Å². The summed E-state index contributed by atoms with van der Waals surface area (Å²) < 4.78 is 11.0. The highest BCUT2D eigenvalue weighted by Gasteiger charge is 2.14. The molecule has 0 saturated heterocycles. The summed E-state index contributed by atoms with van der Waals surface area (Å²) in [6, 6.07) is 6.79. The van der Waals surface area contributed by atoms with Crippen LogP contribution in [0.2, 0.25) is 0 Å². The van der Waals surface area contributed by atoms with Crippen molar-refractivity contribution < 1.29 is 29.3 Å². The fraction of sp³-hybridized carbons (Fsp3) is 0.188. The maximum atomic E-state index is 12.5. The van der Waals surface area contributed by atoms with Crippen LogP contribution in [0.1, 0.15) is 6.42 Å². The molecular weight excluding hydrogens is 334 g/mol. The van der Waals surface area contributed by atoms with Gasteiger partial charge >= 0.3 is 0 Å². The monoisotopic (exact) mass is 347 g/mol. The van der Waals surface area contributed by atoms with E-state index < -0.39 is 10.5 Å². The van der Waals surface area contributed by atoms with Gasteiger partial charge in [0.2, 0.25) is 5.43 Å². The minimum Gasteiger partial charge on any atom is -0.508 e. The summed E-state index contributed by atoms with van der Waals surface area (Å²) in [7, 11) is 0. The van der Waals surface area contributed by atoms with Crippen molar-refractivity contribution in [3.63, 3.8) is 0 Å². The van der Waals surface area contributed by atoms with Gasteiger partial charge in [-0.2, -0.15) is 0 Å². The van der Waals surface area contributed by atoms with Crippen LogP contribution in [0.5, 0.6) is 17.2 Å². The van der Waals surface area contributed by atoms with E-state index in [-0.39, 0.29) is 58.8 Å². The number of phenols is 2. The van der Waals surface area contributed by atoms with E-state index in [0.717, 1.165) is 0 Å². The molecule has 1 heterocycles. The van der Waals surface area contributed by atoms with Crippen LogP contribution in [0.25, 0.3) is 21.9 Å². The SMILES string of the molecule is O=c1c2cc(O)ccc2oc2cc(OCCCO[N+](=O)[O-])cc(O)c12. The molecule has 2 N–H and O–H groups in total. The summed E-state index contributed by atoms with van der Waals surface area (Å²) in [6.07, 6.45) is 0.265. The molecule has 3 rings (SSSR count). The molecule has 0 aliphatic rings. The van der Waals surface area contributed by atoms with E-state index in [1.165, 1.54) is 30.3 Å². The Morgan fingerprint density at radius 1 is 1.12 bits per heavy atom.